The van der Waals surface area contributed by atoms with Crippen LogP contribution >= 0.6 is 11.3 Å². The lowest BCUT2D eigenvalue weighted by molar-refractivity contribution is 0.0698. The average Bonchev–Trinajstić information content (AvgIpc) is 2.73. The third-order valence-electron chi connectivity index (χ3n) is 2.43. The highest BCUT2D eigenvalue weighted by atomic mass is 32.2. The monoisotopic (exact) mass is 303 g/mol. The molecule has 0 unspecified atom stereocenters. The lowest BCUT2D eigenvalue weighted by Crippen LogP contribution is -2.45. The van der Waals surface area contributed by atoms with E-state index in [9.17, 15) is 13.2 Å². The second-order valence-electron chi connectivity index (χ2n) is 4.91. The van der Waals surface area contributed by atoms with Crippen LogP contribution in [0.3, 0.4) is 0 Å². The van der Waals surface area contributed by atoms with E-state index in [1.54, 1.807) is 20.8 Å². The van der Waals surface area contributed by atoms with E-state index in [-0.39, 0.29) is 16.3 Å². The van der Waals surface area contributed by atoms with Crippen LogP contribution in [-0.2, 0) is 10.0 Å². The molecule has 0 aliphatic rings. The minimum absolute atomic E-state index is 0.126. The summed E-state index contributed by atoms with van der Waals surface area (Å²) in [4.78, 5) is 10.7. The van der Waals surface area contributed by atoms with Crippen LogP contribution in [0.5, 0.6) is 0 Å². The molecule has 0 saturated heterocycles. The maximum atomic E-state index is 12.6. The molecule has 0 fully saturated rings. The Hall–Kier alpha value is -1.18. The van der Waals surface area contributed by atoms with E-state index >= 15 is 0 Å². The van der Waals surface area contributed by atoms with Crippen LogP contribution in [0.4, 0.5) is 0 Å². The number of rotatable bonds is 5. The van der Waals surface area contributed by atoms with Gasteiger partial charge in [-0.3, -0.25) is 0 Å². The van der Waals surface area contributed by atoms with Crippen molar-refractivity contribution in [2.24, 2.45) is 0 Å². The fourth-order valence-electron chi connectivity index (χ4n) is 1.63. The minimum atomic E-state index is -3.86. The molecule has 0 aromatic carbocycles. The first-order valence-electron chi connectivity index (χ1n) is 5.57. The van der Waals surface area contributed by atoms with Gasteiger partial charge in [-0.2, -0.15) is 4.31 Å². The number of thiophene rings is 1. The number of carboxylic acid groups (broad SMARTS) is 1. The third-order valence-corrected chi connectivity index (χ3v) is 5.64. The second-order valence-corrected chi connectivity index (χ2v) is 7.66. The predicted octanol–water partition coefficient (Wildman–Crippen LogP) is 2.42. The van der Waals surface area contributed by atoms with Gasteiger partial charge in [0.25, 0.3) is 0 Å². The van der Waals surface area contributed by atoms with Gasteiger partial charge in [0, 0.05) is 12.1 Å². The van der Waals surface area contributed by atoms with Crippen LogP contribution in [0, 0.1) is 0 Å². The summed E-state index contributed by atoms with van der Waals surface area (Å²) in [5.41, 5.74) is -0.662. The standard InChI is InChI=1S/C12H17NO4S2/c1-5-7-13(12(2,3)4)19(16,17)9-6-8-18-10(9)11(14)15/h5-6,8H,1,7H2,2-4H3,(H,14,15). The Bertz CT molecular complexity index is 581. The van der Waals surface area contributed by atoms with Crippen molar-refractivity contribution in [3.05, 3.63) is 29.0 Å². The second kappa shape index (κ2) is 5.44. The van der Waals surface area contributed by atoms with E-state index in [2.05, 4.69) is 6.58 Å². The molecule has 0 atom stereocenters. The van der Waals surface area contributed by atoms with Crippen molar-refractivity contribution in [1.82, 2.24) is 4.31 Å². The van der Waals surface area contributed by atoms with Crippen molar-refractivity contribution in [3.8, 4) is 0 Å². The zero-order valence-corrected chi connectivity index (χ0v) is 12.7. The van der Waals surface area contributed by atoms with Crippen LogP contribution in [-0.4, -0.2) is 35.9 Å². The molecule has 0 saturated carbocycles. The molecule has 0 aliphatic heterocycles. The van der Waals surface area contributed by atoms with Crippen LogP contribution in [0.1, 0.15) is 30.4 Å². The first-order valence-corrected chi connectivity index (χ1v) is 7.89. The lowest BCUT2D eigenvalue weighted by atomic mass is 10.1. The molecular weight excluding hydrogens is 286 g/mol. The average molecular weight is 303 g/mol. The van der Waals surface area contributed by atoms with E-state index in [0.29, 0.717) is 0 Å². The topological polar surface area (TPSA) is 74.7 Å². The molecule has 1 heterocycles. The fourth-order valence-corrected chi connectivity index (χ4v) is 4.62. The number of nitrogens with zero attached hydrogens (tertiary/aromatic N) is 1. The Balaban J connectivity index is 3.39. The molecule has 106 valence electrons. The van der Waals surface area contributed by atoms with E-state index in [1.807, 2.05) is 0 Å². The Labute approximate surface area is 117 Å². The van der Waals surface area contributed by atoms with Crippen LogP contribution in [0.15, 0.2) is 29.0 Å². The molecule has 19 heavy (non-hydrogen) atoms. The van der Waals surface area contributed by atoms with Gasteiger partial charge in [-0.05, 0) is 32.2 Å². The fraction of sp³-hybridized carbons (Fsp3) is 0.417. The van der Waals surface area contributed by atoms with Crippen molar-refractivity contribution in [3.63, 3.8) is 0 Å². The van der Waals surface area contributed by atoms with Gasteiger partial charge in [-0.15, -0.1) is 17.9 Å². The summed E-state index contributed by atoms with van der Waals surface area (Å²) in [7, 11) is -3.86. The van der Waals surface area contributed by atoms with Crippen LogP contribution in [0.2, 0.25) is 0 Å². The molecule has 5 nitrogen and oxygen atoms in total. The Morgan fingerprint density at radius 2 is 2.11 bits per heavy atom. The van der Waals surface area contributed by atoms with Crippen molar-refractivity contribution < 1.29 is 18.3 Å². The molecule has 1 N–H and O–H groups in total. The number of carbonyl (C=O) groups is 1. The van der Waals surface area contributed by atoms with Gasteiger partial charge in [0.05, 0.1) is 0 Å². The van der Waals surface area contributed by atoms with E-state index in [1.165, 1.54) is 21.8 Å². The van der Waals surface area contributed by atoms with Gasteiger partial charge in [-0.25, -0.2) is 13.2 Å². The largest absolute Gasteiger partial charge is 0.477 e. The Kier molecular flexibility index (Phi) is 4.54. The third kappa shape index (κ3) is 3.23. The predicted molar refractivity (Wildman–Crippen MR) is 75.1 cm³/mol. The molecule has 0 radical (unpaired) electrons. The molecule has 0 aliphatic carbocycles. The zero-order valence-electron chi connectivity index (χ0n) is 11.1. The summed E-state index contributed by atoms with van der Waals surface area (Å²) in [5.74, 6) is -1.24. The molecule has 0 bridgehead atoms. The van der Waals surface area contributed by atoms with Crippen molar-refractivity contribution >= 4 is 27.3 Å². The van der Waals surface area contributed by atoms with Crippen LogP contribution < -0.4 is 0 Å². The summed E-state index contributed by atoms with van der Waals surface area (Å²) in [5, 5.41) is 10.5. The number of aromatic carboxylic acids is 1. The van der Waals surface area contributed by atoms with Crippen molar-refractivity contribution in [2.75, 3.05) is 6.54 Å². The highest BCUT2D eigenvalue weighted by Crippen LogP contribution is 2.29. The first kappa shape index (κ1) is 15.9. The summed E-state index contributed by atoms with van der Waals surface area (Å²) in [6.07, 6.45) is 1.48. The zero-order chi connectivity index (χ0) is 14.8. The van der Waals surface area contributed by atoms with Gasteiger partial charge in [0.1, 0.15) is 9.77 Å². The Morgan fingerprint density at radius 1 is 1.53 bits per heavy atom. The summed E-state index contributed by atoms with van der Waals surface area (Å²) >= 11 is 0.899. The molecule has 7 heteroatoms. The number of hydrogen-bond acceptors (Lipinski definition) is 4. The van der Waals surface area contributed by atoms with Gasteiger partial charge >= 0.3 is 5.97 Å². The van der Waals surface area contributed by atoms with Gasteiger partial charge < -0.3 is 5.11 Å². The molecule has 0 amide bonds. The van der Waals surface area contributed by atoms with Crippen molar-refractivity contribution in [1.29, 1.82) is 0 Å². The normalized spacial score (nSPS) is 12.6. The van der Waals surface area contributed by atoms with Crippen LogP contribution in [0.25, 0.3) is 0 Å². The van der Waals surface area contributed by atoms with E-state index < -0.39 is 21.5 Å². The summed E-state index contributed by atoms with van der Waals surface area (Å²) in [6.45, 7) is 8.92. The van der Waals surface area contributed by atoms with Gasteiger partial charge in [0.2, 0.25) is 10.0 Å². The molecular formula is C12H17NO4S2. The van der Waals surface area contributed by atoms with E-state index in [0.717, 1.165) is 11.3 Å². The minimum Gasteiger partial charge on any atom is -0.477 e. The number of carboxylic acids is 1. The molecule has 1 aromatic heterocycles. The lowest BCUT2D eigenvalue weighted by Gasteiger charge is -2.33. The highest BCUT2D eigenvalue weighted by Gasteiger charge is 2.36. The SMILES string of the molecule is C=CCN(C(C)(C)C)S(=O)(=O)c1ccsc1C(=O)O. The van der Waals surface area contributed by atoms with E-state index in [4.69, 9.17) is 5.11 Å². The molecule has 0 spiro atoms. The quantitative estimate of drug-likeness (QED) is 0.848. The van der Waals surface area contributed by atoms with Gasteiger partial charge in [0.15, 0.2) is 0 Å². The van der Waals surface area contributed by atoms with Crippen molar-refractivity contribution in [2.45, 2.75) is 31.2 Å². The smallest absolute Gasteiger partial charge is 0.347 e. The summed E-state index contributed by atoms with van der Waals surface area (Å²) < 4.78 is 26.4. The summed E-state index contributed by atoms with van der Waals surface area (Å²) in [6, 6.07) is 1.32. The molecule has 1 rings (SSSR count). The maximum Gasteiger partial charge on any atom is 0.347 e. The van der Waals surface area contributed by atoms with Gasteiger partial charge in [-0.1, -0.05) is 6.08 Å². The Morgan fingerprint density at radius 3 is 2.53 bits per heavy atom. The number of hydrogen-bond donors (Lipinski definition) is 1. The number of sulfonamides is 1. The first-order chi connectivity index (χ1) is 8.62. The molecule has 1 aromatic rings. The maximum absolute atomic E-state index is 12.6. The highest BCUT2D eigenvalue weighted by molar-refractivity contribution is 7.89.